The molecule has 5 aliphatic heterocycles. The molecular formula is C44H36N2O8S4. The SMILES string of the molecule is C/C(C#N)=C/c1sc(-c2sc(-c3sc(-c4sc(-c5ccc6c(c5)C(C)(C)c5ccccc5N6C)c5c4OCCO5)c4c3OCCO4)c3c2OCCO3)c2c1OCCO2. The van der Waals surface area contributed by atoms with E-state index >= 15 is 0 Å². The Balaban J connectivity index is 1.06. The summed E-state index contributed by atoms with van der Waals surface area (Å²) in [7, 11) is 2.14. The number of nitrogens with zero attached hydrogens (tertiary/aromatic N) is 2. The van der Waals surface area contributed by atoms with Crippen LogP contribution in [-0.2, 0) is 5.41 Å². The number of benzene rings is 2. The van der Waals surface area contributed by atoms with Crippen LogP contribution >= 0.6 is 45.3 Å². The van der Waals surface area contributed by atoms with Gasteiger partial charge in [0.25, 0.3) is 0 Å². The number of para-hydroxylation sites is 1. The molecule has 0 amide bonds. The van der Waals surface area contributed by atoms with Gasteiger partial charge in [0, 0.05) is 29.4 Å². The number of thiophene rings is 4. The van der Waals surface area contributed by atoms with Gasteiger partial charge in [0.2, 0.25) is 0 Å². The highest BCUT2D eigenvalue weighted by atomic mass is 32.1. The van der Waals surface area contributed by atoms with Crippen molar-refractivity contribution in [2.24, 2.45) is 0 Å². The summed E-state index contributed by atoms with van der Waals surface area (Å²) >= 11 is 6.35. The Morgan fingerprint density at radius 3 is 1.50 bits per heavy atom. The van der Waals surface area contributed by atoms with Crippen LogP contribution in [-0.4, -0.2) is 59.9 Å². The molecule has 294 valence electrons. The van der Waals surface area contributed by atoms with E-state index < -0.39 is 0 Å². The number of allylic oxidation sites excluding steroid dienone is 1. The maximum Gasteiger partial charge on any atom is 0.181 e. The zero-order chi connectivity index (χ0) is 39.3. The number of hydrogen-bond donors (Lipinski definition) is 0. The molecule has 0 unspecified atom stereocenters. The third-order valence-corrected chi connectivity index (χ3v) is 16.1. The van der Waals surface area contributed by atoms with Crippen molar-refractivity contribution in [2.45, 2.75) is 26.2 Å². The molecule has 0 radical (unpaired) electrons. The van der Waals surface area contributed by atoms with E-state index in [2.05, 4.69) is 74.3 Å². The highest BCUT2D eigenvalue weighted by molar-refractivity contribution is 7.30. The van der Waals surface area contributed by atoms with E-state index in [9.17, 15) is 5.26 Å². The summed E-state index contributed by atoms with van der Waals surface area (Å²) in [5.41, 5.74) is 6.41. The second-order valence-corrected chi connectivity index (χ2v) is 19.0. The van der Waals surface area contributed by atoms with E-state index in [1.54, 1.807) is 40.9 Å². The van der Waals surface area contributed by atoms with Crippen LogP contribution in [0.3, 0.4) is 0 Å². The van der Waals surface area contributed by atoms with Crippen molar-refractivity contribution < 1.29 is 37.9 Å². The summed E-state index contributed by atoms with van der Waals surface area (Å²) in [6, 6.07) is 17.6. The molecule has 4 aromatic heterocycles. The van der Waals surface area contributed by atoms with Crippen molar-refractivity contribution in [1.29, 1.82) is 5.26 Å². The summed E-state index contributed by atoms with van der Waals surface area (Å²) in [6.07, 6.45) is 1.84. The molecular weight excluding hydrogens is 813 g/mol. The maximum absolute atomic E-state index is 9.56. The minimum atomic E-state index is -0.210. The molecule has 11 rings (SSSR count). The molecule has 5 aliphatic rings. The van der Waals surface area contributed by atoms with Gasteiger partial charge in [-0.25, -0.2) is 0 Å². The molecule has 10 nitrogen and oxygen atoms in total. The number of nitriles is 1. The van der Waals surface area contributed by atoms with E-state index in [0.29, 0.717) is 92.9 Å². The Morgan fingerprint density at radius 2 is 0.983 bits per heavy atom. The minimum absolute atomic E-state index is 0.210. The van der Waals surface area contributed by atoms with E-state index in [-0.39, 0.29) is 5.41 Å². The Kier molecular flexibility index (Phi) is 8.41. The monoisotopic (exact) mass is 848 g/mol. The first-order chi connectivity index (χ1) is 28.3. The summed E-state index contributed by atoms with van der Waals surface area (Å²) < 4.78 is 51.0. The normalized spacial score (nSPS) is 17.0. The minimum Gasteiger partial charge on any atom is -0.485 e. The smallest absolute Gasteiger partial charge is 0.181 e. The highest BCUT2D eigenvalue weighted by Crippen LogP contribution is 2.66. The van der Waals surface area contributed by atoms with Gasteiger partial charge in [0.1, 0.15) is 52.9 Å². The van der Waals surface area contributed by atoms with Crippen LogP contribution in [0.15, 0.2) is 48.0 Å². The van der Waals surface area contributed by atoms with Gasteiger partial charge in [-0.3, -0.25) is 0 Å². The van der Waals surface area contributed by atoms with Gasteiger partial charge in [-0.1, -0.05) is 38.1 Å². The molecule has 0 saturated carbocycles. The Labute approximate surface area is 350 Å². The lowest BCUT2D eigenvalue weighted by Crippen LogP contribution is -2.30. The number of anilines is 2. The van der Waals surface area contributed by atoms with Crippen LogP contribution in [0.5, 0.6) is 46.0 Å². The summed E-state index contributed by atoms with van der Waals surface area (Å²) in [6.45, 7) is 9.83. The van der Waals surface area contributed by atoms with Crippen LogP contribution in [0.2, 0.25) is 0 Å². The lowest BCUT2D eigenvalue weighted by atomic mass is 9.73. The van der Waals surface area contributed by atoms with Gasteiger partial charge in [0.15, 0.2) is 46.0 Å². The van der Waals surface area contributed by atoms with Crippen LogP contribution < -0.4 is 42.8 Å². The number of hydrogen-bond acceptors (Lipinski definition) is 14. The number of ether oxygens (including phenoxy) is 8. The molecule has 0 fully saturated rings. The fourth-order valence-electron chi connectivity index (χ4n) is 8.28. The highest BCUT2D eigenvalue weighted by Gasteiger charge is 2.40. The topological polar surface area (TPSA) is 101 Å². The van der Waals surface area contributed by atoms with Gasteiger partial charge >= 0.3 is 0 Å². The molecule has 6 aromatic rings. The predicted molar refractivity (Wildman–Crippen MR) is 230 cm³/mol. The molecule has 9 heterocycles. The average molecular weight is 849 g/mol. The zero-order valence-corrected chi connectivity index (χ0v) is 35.3. The second-order valence-electron chi connectivity index (χ2n) is 14.9. The summed E-state index contributed by atoms with van der Waals surface area (Å²) in [4.78, 5) is 9.51. The molecule has 0 saturated heterocycles. The molecule has 0 bridgehead atoms. The van der Waals surface area contributed by atoms with Gasteiger partial charge in [-0.2, -0.15) is 5.26 Å². The molecule has 2 aromatic carbocycles. The lowest BCUT2D eigenvalue weighted by molar-refractivity contribution is 0.171. The van der Waals surface area contributed by atoms with Gasteiger partial charge in [0.05, 0.1) is 45.1 Å². The molecule has 0 atom stereocenters. The standard InChI is InChI=1S/C44H36N2O8S4/c1-22(21-45)19-28-29-30(48-12-11-47-29)38(55-28)39-33-34(52-16-15-51-33)42(57-39)43-36-35(53-17-18-54-36)41(58-43)40-32-31(49-13-14-50-32)37(56-40)23-9-10-27-25(20-23)44(2,3)24-7-5-6-8-26(24)46(27)4/h5-10,19-20H,11-18H2,1-4H3/b22-19-. The Bertz CT molecular complexity index is 2750. The van der Waals surface area contributed by atoms with Gasteiger partial charge in [-0.05, 0) is 47.9 Å². The Morgan fingerprint density at radius 1 is 0.569 bits per heavy atom. The number of fused-ring (bicyclic) bond motifs is 6. The first kappa shape index (κ1) is 35.8. The fourth-order valence-corrected chi connectivity index (χ4v) is 13.4. The van der Waals surface area contributed by atoms with E-state index in [1.807, 2.05) is 6.08 Å². The third kappa shape index (κ3) is 5.36. The van der Waals surface area contributed by atoms with Crippen molar-refractivity contribution in [3.05, 3.63) is 64.0 Å². The summed E-state index contributed by atoms with van der Waals surface area (Å²) in [5.74, 6) is 5.46. The van der Waals surface area contributed by atoms with Crippen molar-refractivity contribution in [3.8, 4) is 91.8 Å². The van der Waals surface area contributed by atoms with Crippen molar-refractivity contribution >= 4 is 62.8 Å². The second kappa shape index (κ2) is 13.6. The predicted octanol–water partition coefficient (Wildman–Crippen LogP) is 11.0. The van der Waals surface area contributed by atoms with Crippen LogP contribution in [0.25, 0.3) is 45.8 Å². The van der Waals surface area contributed by atoms with Crippen molar-refractivity contribution in [2.75, 3.05) is 64.8 Å². The van der Waals surface area contributed by atoms with Gasteiger partial charge < -0.3 is 42.8 Å². The fraction of sp³-hybridized carbons (Fsp3) is 0.295. The maximum atomic E-state index is 9.56. The first-order valence-electron chi connectivity index (χ1n) is 19.1. The molecule has 0 aliphatic carbocycles. The lowest BCUT2D eigenvalue weighted by Gasteiger charge is -2.40. The molecule has 0 spiro atoms. The molecule has 58 heavy (non-hydrogen) atoms. The van der Waals surface area contributed by atoms with Gasteiger partial charge in [-0.15, -0.1) is 45.3 Å². The van der Waals surface area contributed by atoms with E-state index in [1.165, 1.54) is 33.8 Å². The van der Waals surface area contributed by atoms with E-state index in [4.69, 9.17) is 37.9 Å². The number of rotatable bonds is 5. The first-order valence-corrected chi connectivity index (χ1v) is 22.4. The third-order valence-electron chi connectivity index (χ3n) is 11.0. The summed E-state index contributed by atoms with van der Waals surface area (Å²) in [5, 5.41) is 9.56. The van der Waals surface area contributed by atoms with Crippen LogP contribution in [0.1, 0.15) is 36.8 Å². The molecule has 0 N–H and O–H groups in total. The largest absolute Gasteiger partial charge is 0.485 e. The molecule has 14 heteroatoms. The van der Waals surface area contributed by atoms with Crippen LogP contribution in [0.4, 0.5) is 11.4 Å². The van der Waals surface area contributed by atoms with Crippen molar-refractivity contribution in [1.82, 2.24) is 0 Å². The Hall–Kier alpha value is -5.33. The van der Waals surface area contributed by atoms with E-state index in [0.717, 1.165) is 56.1 Å². The van der Waals surface area contributed by atoms with Crippen molar-refractivity contribution in [3.63, 3.8) is 0 Å². The zero-order valence-electron chi connectivity index (χ0n) is 32.1. The van der Waals surface area contributed by atoms with Crippen LogP contribution in [0, 0.1) is 11.3 Å². The quantitative estimate of drug-likeness (QED) is 0.156. The average Bonchev–Trinajstić information content (AvgIpc) is 4.03.